The number of anilines is 1. The van der Waals surface area contributed by atoms with Crippen molar-refractivity contribution in [1.29, 1.82) is 0 Å². The maximum Gasteiger partial charge on any atom is 0.233 e. The zero-order chi connectivity index (χ0) is 13.5. The van der Waals surface area contributed by atoms with Crippen molar-refractivity contribution in [3.05, 3.63) is 36.3 Å². The van der Waals surface area contributed by atoms with Crippen LogP contribution in [0.2, 0.25) is 0 Å². The quantitative estimate of drug-likeness (QED) is 0.760. The van der Waals surface area contributed by atoms with Gasteiger partial charge >= 0.3 is 0 Å². The maximum atomic E-state index is 13.3. The zero-order valence-electron chi connectivity index (χ0n) is 10.7. The number of hydrogen-bond acceptors (Lipinski definition) is 1. The van der Waals surface area contributed by atoms with Crippen LogP contribution in [0.15, 0.2) is 18.2 Å². The number of carbonyl (C=O) groups is 1. The van der Waals surface area contributed by atoms with E-state index in [0.29, 0.717) is 12.2 Å². The number of nitrogens with zero attached hydrogens (tertiary/aromatic N) is 1. The van der Waals surface area contributed by atoms with Gasteiger partial charge in [-0.1, -0.05) is 12.8 Å². The molecule has 4 heteroatoms. The van der Waals surface area contributed by atoms with Gasteiger partial charge in [0.25, 0.3) is 0 Å². The summed E-state index contributed by atoms with van der Waals surface area (Å²) in [7, 11) is 0. The highest BCUT2D eigenvalue weighted by Gasteiger charge is 2.47. The molecule has 3 rings (SSSR count). The minimum absolute atomic E-state index is 0.0643. The Hall–Kier alpha value is -1.45. The summed E-state index contributed by atoms with van der Waals surface area (Å²) in [6, 6.07) is 3.66. The molecule has 2 fully saturated rings. The summed E-state index contributed by atoms with van der Waals surface area (Å²) in [5.41, 5.74) is 0.176. The molecule has 0 bridgehead atoms. The first-order valence-electron chi connectivity index (χ1n) is 6.71. The molecule has 101 valence electrons. The van der Waals surface area contributed by atoms with E-state index in [2.05, 4.69) is 6.42 Å². The number of hydrogen-bond donors (Lipinski definition) is 0. The first kappa shape index (κ1) is 12.6. The lowest BCUT2D eigenvalue weighted by molar-refractivity contribution is -0.126. The molecule has 1 atom stereocenters. The van der Waals surface area contributed by atoms with Crippen molar-refractivity contribution in [3.8, 4) is 0 Å². The predicted molar refractivity (Wildman–Crippen MR) is 68.5 cm³/mol. The van der Waals surface area contributed by atoms with Crippen LogP contribution in [0.25, 0.3) is 0 Å². The third-order valence-corrected chi connectivity index (χ3v) is 4.33. The third-order valence-electron chi connectivity index (χ3n) is 4.33. The standard InChI is InChI=1S/C15H16F2NO/c16-12-5-4-11(10-13(12)17)18-9-8-15(14(18)19)6-2-1-3-7-15/h2,4-5,10H,1,3,6-9H2. The molecule has 2 nitrogen and oxygen atoms in total. The minimum atomic E-state index is -0.901. The van der Waals surface area contributed by atoms with E-state index < -0.39 is 11.6 Å². The van der Waals surface area contributed by atoms with Gasteiger partial charge < -0.3 is 4.90 Å². The SMILES string of the molecule is O=C1N(c2ccc(F)c(F)c2)CCC12C[CH]CCC2. The first-order chi connectivity index (χ1) is 9.12. The van der Waals surface area contributed by atoms with Crippen molar-refractivity contribution in [2.75, 3.05) is 11.4 Å². The van der Waals surface area contributed by atoms with Gasteiger partial charge in [0.2, 0.25) is 5.91 Å². The van der Waals surface area contributed by atoms with Crippen LogP contribution in [0.1, 0.15) is 32.1 Å². The summed E-state index contributed by atoms with van der Waals surface area (Å²) in [5.74, 6) is -1.72. The molecule has 19 heavy (non-hydrogen) atoms. The normalized spacial score (nSPS) is 22.2. The van der Waals surface area contributed by atoms with Gasteiger partial charge in [-0.3, -0.25) is 4.79 Å². The number of rotatable bonds is 1. The van der Waals surface area contributed by atoms with Crippen LogP contribution in [-0.4, -0.2) is 12.5 Å². The average Bonchev–Trinajstić information content (AvgIpc) is 2.72. The van der Waals surface area contributed by atoms with Crippen LogP contribution in [0.4, 0.5) is 14.5 Å². The fourth-order valence-electron chi connectivity index (χ4n) is 3.21. The molecule has 1 heterocycles. The van der Waals surface area contributed by atoms with E-state index in [1.807, 2.05) is 0 Å². The fraction of sp³-hybridized carbons (Fsp3) is 0.467. The molecule has 1 saturated carbocycles. The summed E-state index contributed by atoms with van der Waals surface area (Å²) >= 11 is 0. The highest BCUT2D eigenvalue weighted by atomic mass is 19.2. The largest absolute Gasteiger partial charge is 0.312 e. The molecule has 1 radical (unpaired) electrons. The number of carbonyl (C=O) groups excluding carboxylic acids is 1. The molecule has 0 aromatic heterocycles. The van der Waals surface area contributed by atoms with E-state index in [1.54, 1.807) is 4.90 Å². The molecule has 1 aromatic rings. The van der Waals surface area contributed by atoms with Crippen molar-refractivity contribution in [1.82, 2.24) is 0 Å². The highest BCUT2D eigenvalue weighted by Crippen LogP contribution is 2.45. The van der Waals surface area contributed by atoms with Crippen LogP contribution >= 0.6 is 0 Å². The zero-order valence-corrected chi connectivity index (χ0v) is 10.7. The lowest BCUT2D eigenvalue weighted by Gasteiger charge is -2.31. The van der Waals surface area contributed by atoms with Crippen LogP contribution in [0, 0.1) is 23.5 Å². The Kier molecular flexibility index (Phi) is 3.03. The summed E-state index contributed by atoms with van der Waals surface area (Å²) in [6.45, 7) is 0.595. The smallest absolute Gasteiger partial charge is 0.233 e. The van der Waals surface area contributed by atoms with E-state index in [9.17, 15) is 13.6 Å². The first-order valence-corrected chi connectivity index (χ1v) is 6.71. The second-order valence-electron chi connectivity index (χ2n) is 5.47. The molecular weight excluding hydrogens is 248 g/mol. The maximum absolute atomic E-state index is 13.3. The molecule has 1 aliphatic carbocycles. The monoisotopic (exact) mass is 264 g/mol. The van der Waals surface area contributed by atoms with Gasteiger partial charge in [-0.2, -0.15) is 0 Å². The van der Waals surface area contributed by atoms with E-state index in [-0.39, 0.29) is 11.3 Å². The van der Waals surface area contributed by atoms with Crippen molar-refractivity contribution in [2.45, 2.75) is 32.1 Å². The highest BCUT2D eigenvalue weighted by molar-refractivity contribution is 6.00. The van der Waals surface area contributed by atoms with Crippen LogP contribution < -0.4 is 4.90 Å². The summed E-state index contributed by atoms with van der Waals surface area (Å²) in [4.78, 5) is 14.2. The Morgan fingerprint density at radius 1 is 1.16 bits per heavy atom. The van der Waals surface area contributed by atoms with Gasteiger partial charge in [0.05, 0.1) is 5.41 Å². The van der Waals surface area contributed by atoms with Crippen molar-refractivity contribution in [3.63, 3.8) is 0 Å². The Morgan fingerprint density at radius 2 is 2.00 bits per heavy atom. The van der Waals surface area contributed by atoms with Crippen LogP contribution in [0.3, 0.4) is 0 Å². The Labute approximate surface area is 111 Å². The lowest BCUT2D eigenvalue weighted by atomic mass is 9.73. The molecule has 2 aliphatic rings. The Morgan fingerprint density at radius 3 is 2.68 bits per heavy atom. The number of benzene rings is 1. The number of amides is 1. The van der Waals surface area contributed by atoms with Crippen LogP contribution in [-0.2, 0) is 4.79 Å². The lowest BCUT2D eigenvalue weighted by Crippen LogP contribution is -2.36. The van der Waals surface area contributed by atoms with Crippen molar-refractivity contribution >= 4 is 11.6 Å². The van der Waals surface area contributed by atoms with Gasteiger partial charge in [-0.25, -0.2) is 8.78 Å². The minimum Gasteiger partial charge on any atom is -0.312 e. The third kappa shape index (κ3) is 2.03. The molecule has 1 aliphatic heterocycles. The Balaban J connectivity index is 1.87. The predicted octanol–water partition coefficient (Wildman–Crippen LogP) is 3.47. The molecule has 1 spiro atoms. The fourth-order valence-corrected chi connectivity index (χ4v) is 3.21. The molecule has 1 unspecified atom stereocenters. The molecular formula is C15H16F2NO. The van der Waals surface area contributed by atoms with Gasteiger partial charge in [-0.15, -0.1) is 0 Å². The van der Waals surface area contributed by atoms with E-state index in [4.69, 9.17) is 0 Å². The molecule has 1 saturated heterocycles. The summed E-state index contributed by atoms with van der Waals surface area (Å²) < 4.78 is 26.2. The second kappa shape index (κ2) is 4.58. The van der Waals surface area contributed by atoms with Gasteiger partial charge in [-0.05, 0) is 37.8 Å². The average molecular weight is 264 g/mol. The molecule has 0 N–H and O–H groups in total. The second-order valence-corrected chi connectivity index (χ2v) is 5.47. The topological polar surface area (TPSA) is 20.3 Å². The van der Waals surface area contributed by atoms with E-state index in [1.165, 1.54) is 6.07 Å². The van der Waals surface area contributed by atoms with Gasteiger partial charge in [0.1, 0.15) is 0 Å². The molecule has 1 aromatic carbocycles. The van der Waals surface area contributed by atoms with Gasteiger partial charge in [0.15, 0.2) is 11.6 Å². The summed E-state index contributed by atoms with van der Waals surface area (Å²) in [6.07, 6.45) is 6.81. The molecule has 1 amide bonds. The van der Waals surface area contributed by atoms with E-state index in [0.717, 1.165) is 44.2 Å². The van der Waals surface area contributed by atoms with Crippen molar-refractivity contribution in [2.24, 2.45) is 5.41 Å². The summed E-state index contributed by atoms with van der Waals surface area (Å²) in [5, 5.41) is 0. The Bertz CT molecular complexity index is 509. The number of halogens is 2. The van der Waals surface area contributed by atoms with Crippen LogP contribution in [0.5, 0.6) is 0 Å². The van der Waals surface area contributed by atoms with Crippen molar-refractivity contribution < 1.29 is 13.6 Å². The van der Waals surface area contributed by atoms with E-state index >= 15 is 0 Å². The van der Waals surface area contributed by atoms with Gasteiger partial charge in [0, 0.05) is 18.3 Å².